The Morgan fingerprint density at radius 1 is 1.60 bits per heavy atom. The highest BCUT2D eigenvalue weighted by Gasteiger charge is 2.23. The lowest BCUT2D eigenvalue weighted by molar-refractivity contribution is 0.0645. The van der Waals surface area contributed by atoms with Crippen LogP contribution >= 0.6 is 0 Å². The molecular formula is C10H15N3O2. The van der Waals surface area contributed by atoms with Crippen molar-refractivity contribution in [2.45, 2.75) is 12.8 Å². The number of likely N-dealkylation sites (tertiary alicyclic amines) is 1. The molecule has 0 bridgehead atoms. The summed E-state index contributed by atoms with van der Waals surface area (Å²) in [5.74, 6) is 0.361. The highest BCUT2D eigenvalue weighted by Crippen LogP contribution is 2.17. The van der Waals surface area contributed by atoms with Crippen LogP contribution in [0, 0.1) is 5.92 Å². The Balaban J connectivity index is 1.93. The molecule has 5 nitrogen and oxygen atoms in total. The largest absolute Gasteiger partial charge is 0.396 e. The number of nitrogens with zero attached hydrogens (tertiary/aromatic N) is 2. The summed E-state index contributed by atoms with van der Waals surface area (Å²) in [6.07, 6.45) is 4.82. The molecule has 0 radical (unpaired) electrons. The number of imidazole rings is 1. The van der Waals surface area contributed by atoms with Gasteiger partial charge in [-0.15, -0.1) is 0 Å². The predicted molar refractivity (Wildman–Crippen MR) is 54.3 cm³/mol. The molecule has 1 saturated heterocycles. The van der Waals surface area contributed by atoms with Crippen LogP contribution < -0.4 is 0 Å². The Kier molecular flexibility index (Phi) is 3.01. The van der Waals surface area contributed by atoms with Gasteiger partial charge in [0.2, 0.25) is 0 Å². The van der Waals surface area contributed by atoms with E-state index < -0.39 is 0 Å². The maximum absolute atomic E-state index is 11.8. The summed E-state index contributed by atoms with van der Waals surface area (Å²) < 4.78 is 0. The first-order chi connectivity index (χ1) is 7.31. The zero-order chi connectivity index (χ0) is 10.7. The molecule has 2 N–H and O–H groups in total. The van der Waals surface area contributed by atoms with E-state index in [0.717, 1.165) is 25.9 Å². The molecule has 15 heavy (non-hydrogen) atoms. The third-order valence-electron chi connectivity index (χ3n) is 2.89. The van der Waals surface area contributed by atoms with Crippen molar-refractivity contribution in [3.05, 3.63) is 18.2 Å². The number of piperidine rings is 1. The summed E-state index contributed by atoms with van der Waals surface area (Å²) in [5, 5.41) is 8.98. The Labute approximate surface area is 88.1 Å². The molecule has 5 heteroatoms. The number of hydrogen-bond acceptors (Lipinski definition) is 3. The summed E-state index contributed by atoms with van der Waals surface area (Å²) in [5.41, 5.74) is 0.539. The van der Waals surface area contributed by atoms with Gasteiger partial charge in [-0.1, -0.05) is 0 Å². The molecule has 1 aromatic heterocycles. The molecule has 1 fully saturated rings. The number of carbonyl (C=O) groups is 1. The quantitative estimate of drug-likeness (QED) is 0.733. The number of aromatic nitrogens is 2. The molecule has 0 aliphatic carbocycles. The number of aromatic amines is 1. The van der Waals surface area contributed by atoms with Gasteiger partial charge in [0.25, 0.3) is 5.91 Å². The smallest absolute Gasteiger partial charge is 0.271 e. The van der Waals surface area contributed by atoms with E-state index in [1.807, 2.05) is 0 Å². The first-order valence-electron chi connectivity index (χ1n) is 5.19. The van der Waals surface area contributed by atoms with Gasteiger partial charge in [-0.2, -0.15) is 0 Å². The third kappa shape index (κ3) is 2.18. The summed E-state index contributed by atoms with van der Waals surface area (Å²) in [6.45, 7) is 1.68. The minimum absolute atomic E-state index is 0.00360. The molecule has 2 rings (SSSR count). The molecule has 1 amide bonds. The third-order valence-corrected chi connectivity index (χ3v) is 2.89. The van der Waals surface area contributed by atoms with Gasteiger partial charge in [0.1, 0.15) is 5.69 Å². The number of rotatable bonds is 2. The summed E-state index contributed by atoms with van der Waals surface area (Å²) >= 11 is 0. The fraction of sp³-hybridized carbons (Fsp3) is 0.600. The molecule has 0 aromatic carbocycles. The normalized spacial score (nSPS) is 18.1. The number of aliphatic hydroxyl groups excluding tert-OH is 1. The van der Waals surface area contributed by atoms with Crippen LogP contribution in [-0.4, -0.2) is 45.6 Å². The van der Waals surface area contributed by atoms with Crippen LogP contribution in [0.3, 0.4) is 0 Å². The summed E-state index contributed by atoms with van der Waals surface area (Å²) in [4.78, 5) is 20.3. The van der Waals surface area contributed by atoms with Crippen molar-refractivity contribution >= 4 is 5.91 Å². The molecule has 0 saturated carbocycles. The molecule has 1 aliphatic heterocycles. The van der Waals surface area contributed by atoms with Gasteiger partial charge in [0.05, 0.1) is 12.5 Å². The minimum atomic E-state index is 0.00360. The van der Waals surface area contributed by atoms with Crippen LogP contribution in [0.2, 0.25) is 0 Å². The van der Waals surface area contributed by atoms with E-state index in [9.17, 15) is 4.79 Å². The van der Waals surface area contributed by atoms with Gasteiger partial charge in [-0.25, -0.2) is 4.98 Å². The topological polar surface area (TPSA) is 69.2 Å². The second-order valence-electron chi connectivity index (χ2n) is 3.88. The molecule has 2 heterocycles. The van der Waals surface area contributed by atoms with Gasteiger partial charge in [-0.3, -0.25) is 4.79 Å². The number of nitrogens with one attached hydrogen (secondary N) is 1. The van der Waals surface area contributed by atoms with Crippen molar-refractivity contribution in [1.29, 1.82) is 0 Å². The van der Waals surface area contributed by atoms with Gasteiger partial charge in [0, 0.05) is 19.7 Å². The van der Waals surface area contributed by atoms with Crippen LogP contribution in [0.4, 0.5) is 0 Å². The first-order valence-corrected chi connectivity index (χ1v) is 5.19. The average molecular weight is 209 g/mol. The minimum Gasteiger partial charge on any atom is -0.396 e. The Bertz CT molecular complexity index is 315. The van der Waals surface area contributed by atoms with Crippen LogP contribution in [0.15, 0.2) is 12.5 Å². The van der Waals surface area contributed by atoms with Crippen molar-refractivity contribution in [3.8, 4) is 0 Å². The fourth-order valence-corrected chi connectivity index (χ4v) is 1.86. The molecule has 1 aromatic rings. The lowest BCUT2D eigenvalue weighted by atomic mass is 9.98. The second kappa shape index (κ2) is 4.44. The average Bonchev–Trinajstić information content (AvgIpc) is 2.82. The van der Waals surface area contributed by atoms with Crippen LogP contribution in [0.5, 0.6) is 0 Å². The summed E-state index contributed by atoms with van der Waals surface area (Å²) in [7, 11) is 0. The number of aliphatic hydroxyl groups is 1. The zero-order valence-electron chi connectivity index (χ0n) is 8.52. The van der Waals surface area contributed by atoms with E-state index in [2.05, 4.69) is 9.97 Å². The van der Waals surface area contributed by atoms with Crippen molar-refractivity contribution in [3.63, 3.8) is 0 Å². The number of H-pyrrole nitrogens is 1. The van der Waals surface area contributed by atoms with Crippen LogP contribution in [-0.2, 0) is 0 Å². The maximum atomic E-state index is 11.8. The van der Waals surface area contributed by atoms with Crippen LogP contribution in [0.25, 0.3) is 0 Å². The Morgan fingerprint density at radius 2 is 2.33 bits per heavy atom. The van der Waals surface area contributed by atoms with Gasteiger partial charge in [-0.05, 0) is 18.8 Å². The van der Waals surface area contributed by atoms with E-state index in [-0.39, 0.29) is 12.5 Å². The molecule has 0 spiro atoms. The molecule has 82 valence electrons. The molecule has 0 unspecified atom stereocenters. The Morgan fingerprint density at radius 3 is 2.87 bits per heavy atom. The van der Waals surface area contributed by atoms with E-state index in [4.69, 9.17) is 5.11 Å². The lowest BCUT2D eigenvalue weighted by Gasteiger charge is -2.30. The second-order valence-corrected chi connectivity index (χ2v) is 3.88. The predicted octanol–water partition coefficient (Wildman–Crippen LogP) is 0.254. The van der Waals surface area contributed by atoms with Crippen LogP contribution in [0.1, 0.15) is 23.3 Å². The lowest BCUT2D eigenvalue weighted by Crippen LogP contribution is -2.39. The van der Waals surface area contributed by atoms with Gasteiger partial charge >= 0.3 is 0 Å². The van der Waals surface area contributed by atoms with E-state index in [0.29, 0.717) is 11.6 Å². The summed E-state index contributed by atoms with van der Waals surface area (Å²) in [6, 6.07) is 0. The van der Waals surface area contributed by atoms with E-state index in [1.54, 1.807) is 11.1 Å². The van der Waals surface area contributed by atoms with E-state index >= 15 is 0 Å². The van der Waals surface area contributed by atoms with Crippen molar-refractivity contribution in [1.82, 2.24) is 14.9 Å². The van der Waals surface area contributed by atoms with Crippen molar-refractivity contribution in [2.75, 3.05) is 19.7 Å². The molecule has 0 atom stereocenters. The molecule has 1 aliphatic rings. The first kappa shape index (κ1) is 10.2. The van der Waals surface area contributed by atoms with Crippen molar-refractivity contribution in [2.24, 2.45) is 5.92 Å². The number of amides is 1. The Hall–Kier alpha value is -1.36. The fourth-order valence-electron chi connectivity index (χ4n) is 1.86. The van der Waals surface area contributed by atoms with Gasteiger partial charge < -0.3 is 15.0 Å². The number of hydrogen-bond donors (Lipinski definition) is 2. The zero-order valence-corrected chi connectivity index (χ0v) is 8.52. The van der Waals surface area contributed by atoms with E-state index in [1.165, 1.54) is 6.33 Å². The standard InChI is InChI=1S/C10H15N3O2/c14-6-8-1-3-13(4-2-8)10(15)9-5-11-7-12-9/h5,7-8,14H,1-4,6H2,(H,11,12). The highest BCUT2D eigenvalue weighted by molar-refractivity contribution is 5.92. The SMILES string of the molecule is O=C(c1cnc[nH]1)N1CCC(CO)CC1. The number of carbonyl (C=O) groups excluding carboxylic acids is 1. The van der Waals surface area contributed by atoms with Crippen molar-refractivity contribution < 1.29 is 9.90 Å². The highest BCUT2D eigenvalue weighted by atomic mass is 16.3. The van der Waals surface area contributed by atoms with Gasteiger partial charge in [0.15, 0.2) is 0 Å². The monoisotopic (exact) mass is 209 g/mol. The maximum Gasteiger partial charge on any atom is 0.271 e. The molecular weight excluding hydrogens is 194 g/mol.